The number of rotatable bonds is 8. The molecule has 5 rings (SSSR count). The zero-order valence-corrected chi connectivity index (χ0v) is 20.2. The van der Waals surface area contributed by atoms with Crippen molar-refractivity contribution >= 4 is 33.2 Å². The van der Waals surface area contributed by atoms with Crippen molar-refractivity contribution in [2.24, 2.45) is 17.3 Å². The van der Waals surface area contributed by atoms with Crippen LogP contribution in [0.5, 0.6) is 5.75 Å². The predicted molar refractivity (Wildman–Crippen MR) is 122 cm³/mol. The second-order valence-electron chi connectivity index (χ2n) is 9.53. The van der Waals surface area contributed by atoms with Crippen molar-refractivity contribution in [2.75, 3.05) is 25.0 Å². The Balaban J connectivity index is 1.65. The number of hydrogen-bond acceptors (Lipinski definition) is 4. The number of sulfonamides is 1. The number of amides is 1. The van der Waals surface area contributed by atoms with E-state index in [-0.39, 0.29) is 15.7 Å². The summed E-state index contributed by atoms with van der Waals surface area (Å²) in [7, 11) is -3.64. The van der Waals surface area contributed by atoms with Crippen LogP contribution in [0, 0.1) is 17.3 Å². The second-order valence-corrected chi connectivity index (χ2v) is 12.3. The van der Waals surface area contributed by atoms with E-state index < -0.39 is 15.4 Å². The lowest BCUT2D eigenvalue weighted by atomic mass is 9.49. The molecule has 1 amide bonds. The molecule has 0 aromatic heterocycles. The molecule has 172 valence electrons. The smallest absolute Gasteiger partial charge is 0.243 e. The summed E-state index contributed by atoms with van der Waals surface area (Å²) in [5.41, 5.74) is -0.0530. The Morgan fingerprint density at radius 2 is 1.81 bits per heavy atom. The molecule has 4 saturated carbocycles. The normalized spacial score (nSPS) is 31.8. The number of halogens is 1. The molecule has 8 heteroatoms. The summed E-state index contributed by atoms with van der Waals surface area (Å²) in [4.78, 5) is 13.5. The lowest BCUT2D eigenvalue weighted by Crippen LogP contribution is -2.57. The lowest BCUT2D eigenvalue weighted by Gasteiger charge is -2.59. The number of benzene rings is 1. The van der Waals surface area contributed by atoms with E-state index in [0.29, 0.717) is 49.4 Å². The van der Waals surface area contributed by atoms with Crippen molar-refractivity contribution in [3.05, 3.63) is 18.2 Å². The first-order valence-electron chi connectivity index (χ1n) is 11.4. The van der Waals surface area contributed by atoms with Gasteiger partial charge in [-0.3, -0.25) is 4.79 Å². The number of nitrogens with one attached hydrogen (secondary N) is 1. The van der Waals surface area contributed by atoms with E-state index >= 15 is 0 Å². The van der Waals surface area contributed by atoms with E-state index in [0.717, 1.165) is 25.7 Å². The minimum absolute atomic E-state index is 0.0510. The number of carbonyl (C=O) groups is 1. The fraction of sp³-hybridized carbons (Fsp3) is 0.696. The lowest BCUT2D eigenvalue weighted by molar-refractivity contribution is -0.138. The third kappa shape index (κ3) is 4.09. The Morgan fingerprint density at radius 1 is 1.16 bits per heavy atom. The Labute approximate surface area is 190 Å². The highest BCUT2D eigenvalue weighted by molar-refractivity contribution is 7.89. The van der Waals surface area contributed by atoms with Crippen LogP contribution in [0.2, 0.25) is 0 Å². The quantitative estimate of drug-likeness (QED) is 0.564. The van der Waals surface area contributed by atoms with Gasteiger partial charge in [0.2, 0.25) is 15.9 Å². The number of alkyl halides is 1. The van der Waals surface area contributed by atoms with E-state index in [2.05, 4.69) is 5.32 Å². The van der Waals surface area contributed by atoms with E-state index in [4.69, 9.17) is 16.3 Å². The van der Waals surface area contributed by atoms with E-state index in [1.165, 1.54) is 16.8 Å². The predicted octanol–water partition coefficient (Wildman–Crippen LogP) is 4.63. The maximum absolute atomic E-state index is 13.6. The molecule has 0 saturated heterocycles. The summed E-state index contributed by atoms with van der Waals surface area (Å²) >= 11 is 6.91. The molecule has 0 heterocycles. The first-order chi connectivity index (χ1) is 14.6. The highest BCUT2D eigenvalue weighted by Gasteiger charge is 2.60. The Hall–Kier alpha value is -1.31. The molecule has 4 fully saturated rings. The zero-order valence-electron chi connectivity index (χ0n) is 18.6. The molecule has 4 bridgehead atoms. The summed E-state index contributed by atoms with van der Waals surface area (Å²) in [5, 5.41) is 3.05. The minimum Gasteiger partial charge on any atom is -0.492 e. The number of carbonyl (C=O) groups excluding carboxylic acids is 1. The van der Waals surface area contributed by atoms with Crippen LogP contribution in [0.1, 0.15) is 59.3 Å². The molecule has 0 radical (unpaired) electrons. The number of nitrogens with zero attached hydrogens (tertiary/aromatic N) is 1. The van der Waals surface area contributed by atoms with Gasteiger partial charge in [0.15, 0.2) is 0 Å². The van der Waals surface area contributed by atoms with Crippen molar-refractivity contribution in [3.63, 3.8) is 0 Å². The Morgan fingerprint density at radius 3 is 2.35 bits per heavy atom. The highest BCUT2D eigenvalue weighted by Crippen LogP contribution is 2.64. The number of ether oxygens (including phenoxy) is 1. The van der Waals surface area contributed by atoms with E-state index in [1.807, 2.05) is 20.8 Å². The van der Waals surface area contributed by atoms with Gasteiger partial charge in [0, 0.05) is 18.0 Å². The van der Waals surface area contributed by atoms with Crippen molar-refractivity contribution in [2.45, 2.75) is 69.1 Å². The molecule has 0 spiro atoms. The maximum atomic E-state index is 13.6. The zero-order chi connectivity index (χ0) is 22.4. The molecule has 6 nitrogen and oxygen atoms in total. The minimum atomic E-state index is -3.64. The molecule has 4 aliphatic carbocycles. The largest absolute Gasteiger partial charge is 0.492 e. The van der Waals surface area contributed by atoms with Crippen LogP contribution in [0.3, 0.4) is 0 Å². The number of hydrogen-bond donors (Lipinski definition) is 1. The summed E-state index contributed by atoms with van der Waals surface area (Å²) < 4.78 is 33.2. The van der Waals surface area contributed by atoms with Gasteiger partial charge in [-0.15, -0.1) is 11.6 Å². The standard InChI is InChI=1S/C23H33ClN2O4S/c1-4-26(5-2)31(28,29)18-7-8-20(30-6-3)19(10-18)25-21(27)22-11-16-9-17(12-22)14-23(24,13-16)15-22/h7-8,10,16-17H,4-6,9,11-15H2,1-3H3,(H,25,27). The fourth-order valence-corrected chi connectivity index (χ4v) is 8.61. The first-order valence-corrected chi connectivity index (χ1v) is 13.2. The molecule has 4 aliphatic rings. The summed E-state index contributed by atoms with van der Waals surface area (Å²) in [6.45, 7) is 6.68. The SMILES string of the molecule is CCOc1ccc(S(=O)(=O)N(CC)CC)cc1NC(=O)C12CC3CC(CC(Cl)(C3)C1)C2. The average molecular weight is 469 g/mol. The van der Waals surface area contributed by atoms with Gasteiger partial charge in [-0.2, -0.15) is 4.31 Å². The van der Waals surface area contributed by atoms with Crippen molar-refractivity contribution in [1.29, 1.82) is 0 Å². The summed E-state index contributed by atoms with van der Waals surface area (Å²) in [5.74, 6) is 1.44. The van der Waals surface area contributed by atoms with Crippen LogP contribution < -0.4 is 10.1 Å². The molecule has 0 aliphatic heterocycles. The van der Waals surface area contributed by atoms with E-state index in [9.17, 15) is 13.2 Å². The second kappa shape index (κ2) is 8.23. The fourth-order valence-electron chi connectivity index (χ4n) is 6.43. The molecule has 2 atom stereocenters. The topological polar surface area (TPSA) is 75.7 Å². The van der Waals surface area contributed by atoms with Crippen LogP contribution in [-0.4, -0.2) is 43.2 Å². The molecular weight excluding hydrogens is 436 g/mol. The maximum Gasteiger partial charge on any atom is 0.243 e. The third-order valence-electron chi connectivity index (χ3n) is 7.31. The first kappa shape index (κ1) is 22.9. The molecule has 1 N–H and O–H groups in total. The van der Waals surface area contributed by atoms with Gasteiger partial charge < -0.3 is 10.1 Å². The van der Waals surface area contributed by atoms with Crippen LogP contribution in [0.4, 0.5) is 5.69 Å². The molecule has 31 heavy (non-hydrogen) atoms. The van der Waals surface area contributed by atoms with Crippen LogP contribution in [-0.2, 0) is 14.8 Å². The van der Waals surface area contributed by atoms with Gasteiger partial charge in [0.05, 0.1) is 22.6 Å². The molecule has 1 aromatic carbocycles. The van der Waals surface area contributed by atoms with Gasteiger partial charge in [0.25, 0.3) is 0 Å². The van der Waals surface area contributed by atoms with Gasteiger partial charge in [-0.1, -0.05) is 13.8 Å². The van der Waals surface area contributed by atoms with Gasteiger partial charge in [-0.05, 0) is 75.5 Å². The monoisotopic (exact) mass is 468 g/mol. The summed E-state index contributed by atoms with van der Waals surface area (Å²) in [6.07, 6.45) is 5.60. The Kier molecular flexibility index (Phi) is 6.07. The van der Waals surface area contributed by atoms with Crippen molar-refractivity contribution < 1.29 is 17.9 Å². The highest BCUT2D eigenvalue weighted by atomic mass is 35.5. The van der Waals surface area contributed by atoms with E-state index in [1.54, 1.807) is 12.1 Å². The van der Waals surface area contributed by atoms with Gasteiger partial charge >= 0.3 is 0 Å². The Bertz CT molecular complexity index is 946. The molecule has 1 aromatic rings. The molecule has 2 unspecified atom stereocenters. The number of anilines is 1. The molecular formula is C23H33ClN2O4S. The average Bonchev–Trinajstić information content (AvgIpc) is 2.68. The third-order valence-corrected chi connectivity index (χ3v) is 9.80. The van der Waals surface area contributed by atoms with Crippen molar-refractivity contribution in [1.82, 2.24) is 4.31 Å². The van der Waals surface area contributed by atoms with Crippen LogP contribution in [0.25, 0.3) is 0 Å². The van der Waals surface area contributed by atoms with Crippen molar-refractivity contribution in [3.8, 4) is 5.75 Å². The van der Waals surface area contributed by atoms with Gasteiger partial charge in [0.1, 0.15) is 5.75 Å². The summed E-state index contributed by atoms with van der Waals surface area (Å²) in [6, 6.07) is 4.72. The van der Waals surface area contributed by atoms with Crippen LogP contribution >= 0.6 is 11.6 Å². The van der Waals surface area contributed by atoms with Gasteiger partial charge in [-0.25, -0.2) is 8.42 Å². The van der Waals surface area contributed by atoms with Crippen LogP contribution in [0.15, 0.2) is 23.1 Å².